The lowest BCUT2D eigenvalue weighted by Gasteiger charge is -2.19. The molecule has 0 aliphatic carbocycles. The number of phosphoric ester groups is 1. The van der Waals surface area contributed by atoms with Crippen molar-refractivity contribution in [2.45, 2.75) is 31.7 Å². The molecular weight excluding hydrogens is 309 g/mol. The first-order valence-electron chi connectivity index (χ1n) is 5.41. The van der Waals surface area contributed by atoms with Crippen molar-refractivity contribution in [1.29, 1.82) is 0 Å². The molecule has 0 aromatic heterocycles. The van der Waals surface area contributed by atoms with Crippen molar-refractivity contribution in [2.24, 2.45) is 0 Å². The van der Waals surface area contributed by atoms with Crippen LogP contribution >= 0.6 is 42.6 Å². The van der Waals surface area contributed by atoms with Crippen molar-refractivity contribution in [3.05, 3.63) is 0 Å². The molecule has 0 N–H and O–H groups in total. The molecule has 0 bridgehead atoms. The molecule has 0 saturated heterocycles. The molecular formula is C9H18Cl3O4P. The van der Waals surface area contributed by atoms with E-state index in [1.807, 2.05) is 0 Å². The largest absolute Gasteiger partial charge is 0.476 e. The molecule has 0 spiro atoms. The zero-order valence-corrected chi connectivity index (χ0v) is 12.9. The van der Waals surface area contributed by atoms with Gasteiger partial charge < -0.3 is 0 Å². The molecule has 4 nitrogen and oxygen atoms in total. The Morgan fingerprint density at radius 1 is 1.12 bits per heavy atom. The summed E-state index contributed by atoms with van der Waals surface area (Å²) < 4.78 is 27.3. The van der Waals surface area contributed by atoms with E-state index in [4.69, 9.17) is 48.4 Å². The lowest BCUT2D eigenvalue weighted by Crippen LogP contribution is -2.08. The third-order valence-corrected chi connectivity index (χ3v) is 4.19. The molecule has 0 saturated carbocycles. The standard InChI is InChI=1S/C9H18Cl3O4P/c1-2-9(12)16-17(13,14-7-3-5-10)15-8-4-6-11/h9H,2-8H2,1H3. The van der Waals surface area contributed by atoms with Gasteiger partial charge in [0.15, 0.2) is 0 Å². The Hall–Kier alpha value is 0.980. The Kier molecular flexibility index (Phi) is 11.5. The maximum atomic E-state index is 12.1. The molecule has 0 radical (unpaired) electrons. The smallest absolute Gasteiger partial charge is 0.287 e. The summed E-state index contributed by atoms with van der Waals surface area (Å²) in [6.45, 7) is 2.21. The highest BCUT2D eigenvalue weighted by Gasteiger charge is 2.29. The first kappa shape index (κ1) is 18.0. The van der Waals surface area contributed by atoms with Gasteiger partial charge in [0.05, 0.1) is 13.2 Å². The summed E-state index contributed by atoms with van der Waals surface area (Å²) in [5.74, 6) is 0.833. The van der Waals surface area contributed by atoms with E-state index in [1.54, 1.807) is 6.92 Å². The second-order valence-corrected chi connectivity index (χ2v) is 5.99. The van der Waals surface area contributed by atoms with Crippen molar-refractivity contribution in [2.75, 3.05) is 25.0 Å². The van der Waals surface area contributed by atoms with Crippen LogP contribution in [0.1, 0.15) is 26.2 Å². The van der Waals surface area contributed by atoms with Crippen molar-refractivity contribution in [3.8, 4) is 0 Å². The molecule has 104 valence electrons. The zero-order valence-electron chi connectivity index (χ0n) is 9.74. The van der Waals surface area contributed by atoms with Gasteiger partial charge in [0, 0.05) is 11.8 Å². The molecule has 0 heterocycles. The summed E-state index contributed by atoms with van der Waals surface area (Å²) in [5, 5.41) is 0. The molecule has 0 fully saturated rings. The number of hydrogen-bond acceptors (Lipinski definition) is 4. The van der Waals surface area contributed by atoms with Gasteiger partial charge in [0.1, 0.15) is 5.56 Å². The SMILES string of the molecule is CCC(Cl)OP(=O)(OCCCCl)OCCCCl. The van der Waals surface area contributed by atoms with E-state index in [1.165, 1.54) is 0 Å². The molecule has 0 amide bonds. The number of alkyl halides is 3. The number of phosphoric acid groups is 1. The van der Waals surface area contributed by atoms with Crippen molar-refractivity contribution < 1.29 is 18.1 Å². The minimum Gasteiger partial charge on any atom is -0.287 e. The van der Waals surface area contributed by atoms with Gasteiger partial charge >= 0.3 is 7.82 Å². The summed E-state index contributed by atoms with van der Waals surface area (Å²) >= 11 is 16.8. The van der Waals surface area contributed by atoms with Gasteiger partial charge in [0.2, 0.25) is 0 Å². The maximum Gasteiger partial charge on any atom is 0.476 e. The Labute approximate surface area is 117 Å². The molecule has 0 aromatic carbocycles. The third kappa shape index (κ3) is 9.54. The number of rotatable bonds is 11. The van der Waals surface area contributed by atoms with Crippen LogP contribution in [0.4, 0.5) is 0 Å². The fraction of sp³-hybridized carbons (Fsp3) is 1.00. The second-order valence-electron chi connectivity index (χ2n) is 3.12. The van der Waals surface area contributed by atoms with Crippen LogP contribution in [-0.4, -0.2) is 30.5 Å². The predicted molar refractivity (Wildman–Crippen MR) is 71.2 cm³/mol. The fourth-order valence-electron chi connectivity index (χ4n) is 0.775. The number of hydrogen-bond donors (Lipinski definition) is 0. The second kappa shape index (κ2) is 10.9. The van der Waals surface area contributed by atoms with E-state index in [9.17, 15) is 4.57 Å². The van der Waals surface area contributed by atoms with Crippen molar-refractivity contribution in [3.63, 3.8) is 0 Å². The van der Waals surface area contributed by atoms with Crippen LogP contribution in [0.3, 0.4) is 0 Å². The van der Waals surface area contributed by atoms with Gasteiger partial charge in [-0.1, -0.05) is 18.5 Å². The van der Waals surface area contributed by atoms with E-state index < -0.39 is 13.4 Å². The summed E-state index contributed by atoms with van der Waals surface area (Å²) in [4.78, 5) is 0. The van der Waals surface area contributed by atoms with Crippen LogP contribution < -0.4 is 0 Å². The van der Waals surface area contributed by atoms with Gasteiger partial charge in [-0.2, -0.15) is 0 Å². The van der Waals surface area contributed by atoms with E-state index in [0.29, 0.717) is 31.0 Å². The highest BCUT2D eigenvalue weighted by molar-refractivity contribution is 7.48. The molecule has 0 aliphatic heterocycles. The Morgan fingerprint density at radius 2 is 1.59 bits per heavy atom. The predicted octanol–water partition coefficient (Wildman–Crippen LogP) is 4.38. The van der Waals surface area contributed by atoms with Crippen LogP contribution in [0.15, 0.2) is 0 Å². The summed E-state index contributed by atoms with van der Waals surface area (Å²) in [6.07, 6.45) is 1.63. The molecule has 17 heavy (non-hydrogen) atoms. The summed E-state index contributed by atoms with van der Waals surface area (Å²) in [7, 11) is -3.60. The highest BCUT2D eigenvalue weighted by atomic mass is 35.5. The van der Waals surface area contributed by atoms with Crippen LogP contribution in [0.2, 0.25) is 0 Å². The van der Waals surface area contributed by atoms with Gasteiger partial charge in [-0.05, 0) is 19.3 Å². The minimum atomic E-state index is -3.60. The summed E-state index contributed by atoms with van der Waals surface area (Å²) in [6, 6.07) is 0. The quantitative estimate of drug-likeness (QED) is 0.321. The molecule has 0 aliphatic rings. The Morgan fingerprint density at radius 3 is 1.94 bits per heavy atom. The lowest BCUT2D eigenvalue weighted by molar-refractivity contribution is 0.102. The minimum absolute atomic E-state index is 0.203. The van der Waals surface area contributed by atoms with Crippen molar-refractivity contribution in [1.82, 2.24) is 0 Å². The maximum absolute atomic E-state index is 12.1. The molecule has 8 heteroatoms. The Balaban J connectivity index is 4.19. The van der Waals surface area contributed by atoms with E-state index in [0.717, 1.165) is 0 Å². The average molecular weight is 328 g/mol. The van der Waals surface area contributed by atoms with Gasteiger partial charge in [-0.15, -0.1) is 23.2 Å². The third-order valence-electron chi connectivity index (χ3n) is 1.62. The monoisotopic (exact) mass is 326 g/mol. The number of halogens is 3. The molecule has 0 aromatic rings. The van der Waals surface area contributed by atoms with Crippen LogP contribution in [0.25, 0.3) is 0 Å². The fourth-order valence-corrected chi connectivity index (χ4v) is 2.62. The topological polar surface area (TPSA) is 44.8 Å². The van der Waals surface area contributed by atoms with Crippen LogP contribution in [0.5, 0.6) is 0 Å². The van der Waals surface area contributed by atoms with Crippen LogP contribution in [0, 0.1) is 0 Å². The highest BCUT2D eigenvalue weighted by Crippen LogP contribution is 2.51. The first-order chi connectivity index (χ1) is 8.08. The van der Waals surface area contributed by atoms with Gasteiger partial charge in [-0.25, -0.2) is 4.57 Å². The van der Waals surface area contributed by atoms with Gasteiger partial charge in [-0.3, -0.25) is 13.6 Å². The normalized spacial score (nSPS) is 13.9. The average Bonchev–Trinajstić information content (AvgIpc) is 2.29. The Bertz CT molecular complexity index is 216. The van der Waals surface area contributed by atoms with Crippen molar-refractivity contribution >= 4 is 42.6 Å². The lowest BCUT2D eigenvalue weighted by atomic mass is 10.5. The molecule has 1 unspecified atom stereocenters. The zero-order chi connectivity index (χ0) is 13.1. The first-order valence-corrected chi connectivity index (χ1v) is 8.38. The summed E-state index contributed by atoms with van der Waals surface area (Å²) in [5.41, 5.74) is -0.701. The van der Waals surface area contributed by atoms with Crippen LogP contribution in [-0.2, 0) is 18.1 Å². The van der Waals surface area contributed by atoms with E-state index in [2.05, 4.69) is 0 Å². The van der Waals surface area contributed by atoms with E-state index in [-0.39, 0.29) is 13.2 Å². The molecule has 1 atom stereocenters. The van der Waals surface area contributed by atoms with Gasteiger partial charge in [0.25, 0.3) is 0 Å². The molecule has 0 rings (SSSR count). The van der Waals surface area contributed by atoms with E-state index >= 15 is 0 Å².